The van der Waals surface area contributed by atoms with Crippen LogP contribution in [-0.2, 0) is 28.6 Å². The van der Waals surface area contributed by atoms with Crippen molar-refractivity contribution in [2.24, 2.45) is 0 Å². The third-order valence-electron chi connectivity index (χ3n) is 9.49. The zero-order valence-electron chi connectivity index (χ0n) is 33.9. The minimum Gasteiger partial charge on any atom is -0.462 e. The molecule has 298 valence electrons. The predicted molar refractivity (Wildman–Crippen MR) is 215 cm³/mol. The van der Waals surface area contributed by atoms with Crippen LogP contribution in [0.5, 0.6) is 0 Å². The van der Waals surface area contributed by atoms with Crippen molar-refractivity contribution in [2.45, 2.75) is 232 Å². The van der Waals surface area contributed by atoms with Crippen LogP contribution in [0.1, 0.15) is 226 Å². The Morgan fingerprint density at radius 1 is 0.392 bits per heavy atom. The van der Waals surface area contributed by atoms with Gasteiger partial charge in [0.2, 0.25) is 0 Å². The van der Waals surface area contributed by atoms with Gasteiger partial charge < -0.3 is 14.2 Å². The molecule has 0 aliphatic carbocycles. The van der Waals surface area contributed by atoms with E-state index in [1.807, 2.05) is 0 Å². The number of rotatable bonds is 39. The topological polar surface area (TPSA) is 78.9 Å². The second-order valence-corrected chi connectivity index (χ2v) is 14.6. The van der Waals surface area contributed by atoms with Crippen molar-refractivity contribution in [3.8, 4) is 0 Å². The maximum Gasteiger partial charge on any atom is 0.306 e. The van der Waals surface area contributed by atoms with Crippen LogP contribution in [0, 0.1) is 0 Å². The van der Waals surface area contributed by atoms with E-state index in [1.54, 1.807) is 0 Å². The smallest absolute Gasteiger partial charge is 0.306 e. The largest absolute Gasteiger partial charge is 0.462 e. The van der Waals surface area contributed by atoms with E-state index >= 15 is 0 Å². The van der Waals surface area contributed by atoms with E-state index in [0.717, 1.165) is 64.2 Å². The molecule has 0 radical (unpaired) electrons. The molecule has 0 N–H and O–H groups in total. The predicted octanol–water partition coefficient (Wildman–Crippen LogP) is 13.6. The summed E-state index contributed by atoms with van der Waals surface area (Å²) in [4.78, 5) is 37.5. The summed E-state index contributed by atoms with van der Waals surface area (Å²) in [5, 5.41) is 0. The molecule has 0 aliphatic heterocycles. The molecule has 0 heterocycles. The maximum absolute atomic E-state index is 12.6. The van der Waals surface area contributed by atoms with Gasteiger partial charge in [0.15, 0.2) is 6.10 Å². The van der Waals surface area contributed by atoms with Crippen LogP contribution in [0.4, 0.5) is 0 Å². The number of hydrogen-bond donors (Lipinski definition) is 0. The molecule has 0 aromatic carbocycles. The Morgan fingerprint density at radius 3 is 1.08 bits per heavy atom. The highest BCUT2D eigenvalue weighted by atomic mass is 16.6. The summed E-state index contributed by atoms with van der Waals surface area (Å²) in [6.45, 7) is 6.55. The van der Waals surface area contributed by atoms with Gasteiger partial charge in [-0.3, -0.25) is 14.4 Å². The number of carbonyl (C=O) groups is 3. The van der Waals surface area contributed by atoms with Gasteiger partial charge in [-0.2, -0.15) is 0 Å². The number of esters is 3. The molecule has 6 nitrogen and oxygen atoms in total. The molecular weight excluding hydrogens is 636 g/mol. The Labute approximate surface area is 315 Å². The van der Waals surface area contributed by atoms with E-state index in [0.29, 0.717) is 19.3 Å². The standard InChI is InChI=1S/C45H82O6/c1-4-7-10-13-16-19-20-21-22-23-24-27-29-32-35-38-44(47)50-41-42(51-45(48)39-36-33-30-26-18-15-12-9-6-3)40-49-43(46)37-34-31-28-25-17-14-11-8-5-2/h16,19-21,42H,4-15,17-18,22-41H2,1-3H3/b19-16-,21-20-. The summed E-state index contributed by atoms with van der Waals surface area (Å²) in [5.74, 6) is -0.887. The fourth-order valence-corrected chi connectivity index (χ4v) is 6.14. The molecular formula is C45H82O6. The van der Waals surface area contributed by atoms with Crippen LogP contribution in [0.3, 0.4) is 0 Å². The van der Waals surface area contributed by atoms with E-state index in [9.17, 15) is 14.4 Å². The minimum absolute atomic E-state index is 0.0719. The normalized spacial score (nSPS) is 12.1. The van der Waals surface area contributed by atoms with Gasteiger partial charge in [-0.25, -0.2) is 0 Å². The van der Waals surface area contributed by atoms with Crippen molar-refractivity contribution in [2.75, 3.05) is 13.2 Å². The molecule has 0 saturated carbocycles. The van der Waals surface area contributed by atoms with Gasteiger partial charge in [0, 0.05) is 19.3 Å². The third-order valence-corrected chi connectivity index (χ3v) is 9.49. The fourth-order valence-electron chi connectivity index (χ4n) is 6.14. The highest BCUT2D eigenvalue weighted by molar-refractivity contribution is 5.71. The van der Waals surface area contributed by atoms with Crippen molar-refractivity contribution in [1.82, 2.24) is 0 Å². The van der Waals surface area contributed by atoms with E-state index in [2.05, 4.69) is 45.1 Å². The molecule has 0 spiro atoms. The number of allylic oxidation sites excluding steroid dienone is 4. The second-order valence-electron chi connectivity index (χ2n) is 14.6. The molecule has 0 aromatic rings. The number of ether oxygens (including phenoxy) is 3. The van der Waals surface area contributed by atoms with Crippen molar-refractivity contribution < 1.29 is 28.6 Å². The first-order valence-corrected chi connectivity index (χ1v) is 21.9. The number of hydrogen-bond acceptors (Lipinski definition) is 6. The zero-order chi connectivity index (χ0) is 37.3. The number of unbranched alkanes of at least 4 members (excludes halogenated alkanes) is 25. The molecule has 6 heteroatoms. The van der Waals surface area contributed by atoms with Crippen molar-refractivity contribution in [1.29, 1.82) is 0 Å². The third kappa shape index (κ3) is 38.9. The van der Waals surface area contributed by atoms with Gasteiger partial charge in [-0.1, -0.05) is 186 Å². The van der Waals surface area contributed by atoms with E-state index in [1.165, 1.54) is 122 Å². The quantitative estimate of drug-likeness (QED) is 0.0272. The van der Waals surface area contributed by atoms with Crippen LogP contribution in [0.25, 0.3) is 0 Å². The summed E-state index contributed by atoms with van der Waals surface area (Å²) in [6.07, 6.45) is 43.0. The van der Waals surface area contributed by atoms with Crippen LogP contribution in [0.15, 0.2) is 24.3 Å². The molecule has 0 rings (SSSR count). The first-order chi connectivity index (χ1) is 25.0. The lowest BCUT2D eigenvalue weighted by molar-refractivity contribution is -0.167. The molecule has 0 saturated heterocycles. The minimum atomic E-state index is -0.766. The molecule has 1 atom stereocenters. The van der Waals surface area contributed by atoms with Gasteiger partial charge in [0.05, 0.1) is 0 Å². The van der Waals surface area contributed by atoms with Gasteiger partial charge in [-0.15, -0.1) is 0 Å². The molecule has 51 heavy (non-hydrogen) atoms. The van der Waals surface area contributed by atoms with E-state index < -0.39 is 6.10 Å². The lowest BCUT2D eigenvalue weighted by atomic mass is 10.1. The Morgan fingerprint density at radius 2 is 0.686 bits per heavy atom. The van der Waals surface area contributed by atoms with Crippen molar-refractivity contribution in [3.63, 3.8) is 0 Å². The molecule has 0 amide bonds. The summed E-state index contributed by atoms with van der Waals surface area (Å²) in [5.41, 5.74) is 0. The summed E-state index contributed by atoms with van der Waals surface area (Å²) < 4.78 is 16.6. The lowest BCUT2D eigenvalue weighted by Gasteiger charge is -2.18. The molecule has 1 unspecified atom stereocenters. The molecule has 0 fully saturated rings. The highest BCUT2D eigenvalue weighted by Gasteiger charge is 2.19. The van der Waals surface area contributed by atoms with Gasteiger partial charge in [0.25, 0.3) is 0 Å². The molecule has 0 bridgehead atoms. The Balaban J connectivity index is 4.32. The second kappa shape index (κ2) is 40.7. The van der Waals surface area contributed by atoms with Crippen LogP contribution in [-0.4, -0.2) is 37.2 Å². The summed E-state index contributed by atoms with van der Waals surface area (Å²) in [7, 11) is 0. The van der Waals surface area contributed by atoms with Crippen molar-refractivity contribution >= 4 is 17.9 Å². The van der Waals surface area contributed by atoms with E-state index in [-0.39, 0.29) is 31.1 Å². The zero-order valence-corrected chi connectivity index (χ0v) is 33.9. The first kappa shape index (κ1) is 48.9. The van der Waals surface area contributed by atoms with Gasteiger partial charge in [-0.05, 0) is 44.9 Å². The SMILES string of the molecule is CCCCC/C=C\C=C/CCCCCCCCC(=O)OCC(COC(=O)CCCCCCCCCCC)OC(=O)CCCCCCCCCCC. The fraction of sp³-hybridized carbons (Fsp3) is 0.844. The lowest BCUT2D eigenvalue weighted by Crippen LogP contribution is -2.30. The van der Waals surface area contributed by atoms with Crippen LogP contribution >= 0.6 is 0 Å². The first-order valence-electron chi connectivity index (χ1n) is 21.9. The van der Waals surface area contributed by atoms with Crippen LogP contribution in [0.2, 0.25) is 0 Å². The summed E-state index contributed by atoms with van der Waals surface area (Å²) >= 11 is 0. The van der Waals surface area contributed by atoms with Crippen LogP contribution < -0.4 is 0 Å². The average molecular weight is 719 g/mol. The van der Waals surface area contributed by atoms with Gasteiger partial charge in [0.1, 0.15) is 13.2 Å². The highest BCUT2D eigenvalue weighted by Crippen LogP contribution is 2.14. The monoisotopic (exact) mass is 719 g/mol. The Kier molecular flexibility index (Phi) is 39.0. The molecule has 0 aliphatic rings. The molecule has 0 aromatic heterocycles. The Bertz CT molecular complexity index is 835. The Hall–Kier alpha value is -2.11. The summed E-state index contributed by atoms with van der Waals surface area (Å²) in [6, 6.07) is 0. The van der Waals surface area contributed by atoms with Gasteiger partial charge >= 0.3 is 17.9 Å². The van der Waals surface area contributed by atoms with Crippen molar-refractivity contribution in [3.05, 3.63) is 24.3 Å². The average Bonchev–Trinajstić information content (AvgIpc) is 3.12. The maximum atomic E-state index is 12.6. The van der Waals surface area contributed by atoms with E-state index in [4.69, 9.17) is 14.2 Å². The number of carbonyl (C=O) groups excluding carboxylic acids is 3.